The van der Waals surface area contributed by atoms with Crippen molar-refractivity contribution in [2.24, 2.45) is 0 Å². The molecule has 0 fully saturated rings. The van der Waals surface area contributed by atoms with E-state index in [1.807, 2.05) is 6.92 Å². The third-order valence-electron chi connectivity index (χ3n) is 2.94. The Labute approximate surface area is 114 Å². The molecule has 1 unspecified atom stereocenters. The molecule has 0 radical (unpaired) electrons. The van der Waals surface area contributed by atoms with Gasteiger partial charge >= 0.3 is 6.18 Å². The molecule has 106 valence electrons. The molecule has 0 saturated carbocycles. The number of carbonyl (C=O) groups excluding carboxylic acids is 1. The van der Waals surface area contributed by atoms with Gasteiger partial charge in [-0.25, -0.2) is 0 Å². The van der Waals surface area contributed by atoms with Crippen LogP contribution in [-0.4, -0.2) is 17.3 Å². The van der Waals surface area contributed by atoms with E-state index in [1.165, 1.54) is 12.1 Å². The van der Waals surface area contributed by atoms with Gasteiger partial charge in [0, 0.05) is 11.4 Å². The first-order valence-corrected chi connectivity index (χ1v) is 6.31. The van der Waals surface area contributed by atoms with Crippen LogP contribution in [0.5, 0.6) is 0 Å². The number of carbonyl (C=O) groups is 1. The molecule has 0 bridgehead atoms. The molecule has 1 N–H and O–H groups in total. The number of hydrogen-bond acceptors (Lipinski definition) is 1. The number of hydrogen-bond donors (Lipinski definition) is 1. The number of alkyl halides is 4. The van der Waals surface area contributed by atoms with Gasteiger partial charge in [0.2, 0.25) is 0 Å². The summed E-state index contributed by atoms with van der Waals surface area (Å²) in [5.41, 5.74) is -1.50. The van der Waals surface area contributed by atoms with E-state index < -0.39 is 23.2 Å². The van der Waals surface area contributed by atoms with Crippen molar-refractivity contribution in [3.05, 3.63) is 35.4 Å². The van der Waals surface area contributed by atoms with E-state index in [0.717, 1.165) is 12.1 Å². The number of rotatable bonds is 4. The van der Waals surface area contributed by atoms with Crippen LogP contribution in [0, 0.1) is 0 Å². The van der Waals surface area contributed by atoms with E-state index in [4.69, 9.17) is 11.6 Å². The average molecular weight is 294 g/mol. The third-order valence-corrected chi connectivity index (χ3v) is 3.53. The minimum absolute atomic E-state index is 0.0281. The molecule has 0 spiro atoms. The molecule has 0 aromatic heterocycles. The van der Waals surface area contributed by atoms with E-state index >= 15 is 0 Å². The van der Waals surface area contributed by atoms with Gasteiger partial charge in [-0.2, -0.15) is 13.2 Å². The van der Waals surface area contributed by atoms with E-state index in [-0.39, 0.29) is 11.4 Å². The third kappa shape index (κ3) is 4.13. The molecule has 1 rings (SSSR count). The van der Waals surface area contributed by atoms with E-state index in [1.54, 1.807) is 6.92 Å². The molecular weight excluding hydrogens is 279 g/mol. The zero-order chi connectivity index (χ0) is 14.7. The van der Waals surface area contributed by atoms with Crippen molar-refractivity contribution >= 4 is 17.5 Å². The maximum absolute atomic E-state index is 12.5. The van der Waals surface area contributed by atoms with Crippen molar-refractivity contribution in [1.82, 2.24) is 5.32 Å². The second-order valence-corrected chi connectivity index (χ2v) is 4.85. The highest BCUT2D eigenvalue weighted by Gasteiger charge is 2.31. The van der Waals surface area contributed by atoms with Gasteiger partial charge < -0.3 is 5.32 Å². The minimum atomic E-state index is -4.46. The van der Waals surface area contributed by atoms with E-state index in [2.05, 4.69) is 5.32 Å². The van der Waals surface area contributed by atoms with Crippen LogP contribution in [0.3, 0.4) is 0 Å². The molecule has 0 saturated heterocycles. The molecule has 2 nitrogen and oxygen atoms in total. The zero-order valence-electron chi connectivity index (χ0n) is 10.6. The lowest BCUT2D eigenvalue weighted by Gasteiger charge is -2.27. The molecule has 1 aromatic carbocycles. The molecule has 0 heterocycles. The first kappa shape index (κ1) is 15.8. The predicted molar refractivity (Wildman–Crippen MR) is 68.3 cm³/mol. The summed E-state index contributed by atoms with van der Waals surface area (Å²) in [6.45, 7) is 3.58. The maximum atomic E-state index is 12.5. The van der Waals surface area contributed by atoms with Crippen molar-refractivity contribution in [3.63, 3.8) is 0 Å². The Bertz CT molecular complexity index is 455. The van der Waals surface area contributed by atoms with Crippen molar-refractivity contribution < 1.29 is 18.0 Å². The molecule has 0 aliphatic heterocycles. The molecule has 0 aliphatic carbocycles. The fraction of sp³-hybridized carbons (Fsp3) is 0.462. The van der Waals surface area contributed by atoms with Gasteiger partial charge in [0.15, 0.2) is 0 Å². The van der Waals surface area contributed by atoms with Crippen molar-refractivity contribution in [2.75, 3.05) is 5.88 Å². The summed E-state index contributed by atoms with van der Waals surface area (Å²) >= 11 is 5.75. The van der Waals surface area contributed by atoms with Crippen LogP contribution in [0.25, 0.3) is 0 Å². The highest BCUT2D eigenvalue weighted by Crippen LogP contribution is 2.29. The fourth-order valence-electron chi connectivity index (χ4n) is 1.40. The van der Waals surface area contributed by atoms with Crippen molar-refractivity contribution in [2.45, 2.75) is 32.0 Å². The molecule has 19 heavy (non-hydrogen) atoms. The lowest BCUT2D eigenvalue weighted by molar-refractivity contribution is -0.137. The average Bonchev–Trinajstić information content (AvgIpc) is 2.37. The standard InChI is InChI=1S/C13H15ClF3NO/c1-3-12(2,8-14)18-11(19)9-5-4-6-10(7-9)13(15,16)17/h4-7H,3,8H2,1-2H3,(H,18,19). The van der Waals surface area contributed by atoms with Crippen LogP contribution in [0.2, 0.25) is 0 Å². The number of benzene rings is 1. The lowest BCUT2D eigenvalue weighted by atomic mass is 10.0. The minimum Gasteiger partial charge on any atom is -0.346 e. The SMILES string of the molecule is CCC(C)(CCl)NC(=O)c1cccc(C(F)(F)F)c1. The Morgan fingerprint density at radius 2 is 2.00 bits per heavy atom. The number of nitrogens with one attached hydrogen (secondary N) is 1. The topological polar surface area (TPSA) is 29.1 Å². The van der Waals surface area contributed by atoms with E-state index in [9.17, 15) is 18.0 Å². The quantitative estimate of drug-likeness (QED) is 0.840. The van der Waals surface area contributed by atoms with Gasteiger partial charge in [0.1, 0.15) is 0 Å². The smallest absolute Gasteiger partial charge is 0.346 e. The Morgan fingerprint density at radius 1 is 1.37 bits per heavy atom. The van der Waals surface area contributed by atoms with Crippen LogP contribution in [0.1, 0.15) is 36.2 Å². The van der Waals surface area contributed by atoms with Gasteiger partial charge in [-0.1, -0.05) is 13.0 Å². The maximum Gasteiger partial charge on any atom is 0.416 e. The second-order valence-electron chi connectivity index (χ2n) is 4.58. The lowest BCUT2D eigenvalue weighted by Crippen LogP contribution is -2.47. The first-order chi connectivity index (χ1) is 8.72. The highest BCUT2D eigenvalue weighted by molar-refractivity contribution is 6.18. The normalized spacial score (nSPS) is 14.8. The highest BCUT2D eigenvalue weighted by atomic mass is 35.5. The van der Waals surface area contributed by atoms with Gasteiger partial charge in [0.25, 0.3) is 5.91 Å². The summed E-state index contributed by atoms with van der Waals surface area (Å²) in [6, 6.07) is 4.31. The summed E-state index contributed by atoms with van der Waals surface area (Å²) < 4.78 is 37.6. The summed E-state index contributed by atoms with van der Waals surface area (Å²) in [7, 11) is 0. The van der Waals surface area contributed by atoms with Gasteiger partial charge in [-0.3, -0.25) is 4.79 Å². The Morgan fingerprint density at radius 3 is 2.47 bits per heavy atom. The molecule has 0 aliphatic rings. The Balaban J connectivity index is 2.95. The van der Waals surface area contributed by atoms with E-state index in [0.29, 0.717) is 6.42 Å². The zero-order valence-corrected chi connectivity index (χ0v) is 11.4. The van der Waals surface area contributed by atoms with Gasteiger partial charge in [-0.05, 0) is 31.5 Å². The summed E-state index contributed by atoms with van der Waals surface area (Å²) in [5, 5.41) is 2.65. The molecule has 1 amide bonds. The monoisotopic (exact) mass is 293 g/mol. The van der Waals surface area contributed by atoms with Crippen molar-refractivity contribution in [3.8, 4) is 0 Å². The summed E-state index contributed by atoms with van der Waals surface area (Å²) in [5.74, 6) is -0.370. The fourth-order valence-corrected chi connectivity index (χ4v) is 1.66. The summed E-state index contributed by atoms with van der Waals surface area (Å²) in [4.78, 5) is 11.9. The second kappa shape index (κ2) is 5.82. The molecule has 1 aromatic rings. The van der Waals surface area contributed by atoms with Crippen LogP contribution in [-0.2, 0) is 6.18 Å². The molecule has 6 heteroatoms. The molecule has 1 atom stereocenters. The van der Waals surface area contributed by atoms with Gasteiger partial charge in [-0.15, -0.1) is 11.6 Å². The Kier molecular flexibility index (Phi) is 4.85. The van der Waals surface area contributed by atoms with Crippen LogP contribution < -0.4 is 5.32 Å². The predicted octanol–water partition coefficient (Wildman–Crippen LogP) is 3.84. The van der Waals surface area contributed by atoms with Gasteiger partial charge in [0.05, 0.1) is 11.1 Å². The Hall–Kier alpha value is -1.23. The van der Waals surface area contributed by atoms with Crippen molar-refractivity contribution in [1.29, 1.82) is 0 Å². The molecular formula is C13H15ClF3NO. The van der Waals surface area contributed by atoms with Crippen LogP contribution in [0.4, 0.5) is 13.2 Å². The number of halogens is 4. The first-order valence-electron chi connectivity index (χ1n) is 5.77. The number of amides is 1. The van der Waals surface area contributed by atoms with Crippen LogP contribution in [0.15, 0.2) is 24.3 Å². The summed E-state index contributed by atoms with van der Waals surface area (Å²) in [6.07, 6.45) is -3.88. The van der Waals surface area contributed by atoms with Crippen LogP contribution >= 0.6 is 11.6 Å². The largest absolute Gasteiger partial charge is 0.416 e.